The van der Waals surface area contributed by atoms with Crippen LogP contribution >= 0.6 is 0 Å². The Morgan fingerprint density at radius 2 is 2.20 bits per heavy atom. The summed E-state index contributed by atoms with van der Waals surface area (Å²) in [5, 5.41) is 14.1. The smallest absolute Gasteiger partial charge is 0.372 e. The highest BCUT2D eigenvalue weighted by molar-refractivity contribution is 5.62. The molecule has 0 fully saturated rings. The van der Waals surface area contributed by atoms with E-state index < -0.39 is 4.92 Å². The number of hydrogen-bond acceptors (Lipinski definition) is 6. The van der Waals surface area contributed by atoms with Crippen molar-refractivity contribution >= 4 is 11.5 Å². The van der Waals surface area contributed by atoms with E-state index in [2.05, 4.69) is 21.9 Å². The highest BCUT2D eigenvalue weighted by Gasteiger charge is 2.25. The van der Waals surface area contributed by atoms with Gasteiger partial charge in [-0.05, 0) is 6.42 Å². The van der Waals surface area contributed by atoms with Gasteiger partial charge in [-0.15, -0.1) is 6.58 Å². The van der Waals surface area contributed by atoms with Crippen LogP contribution in [-0.2, 0) is 6.42 Å². The number of ether oxygens (including phenoxy) is 1. The summed E-state index contributed by atoms with van der Waals surface area (Å²) in [6.07, 6.45) is 3.94. The number of aromatic nitrogens is 2. The minimum Gasteiger partial charge on any atom is -0.473 e. The van der Waals surface area contributed by atoms with Crippen molar-refractivity contribution in [3.63, 3.8) is 0 Å². The molecule has 0 aliphatic rings. The largest absolute Gasteiger partial charge is 0.473 e. The van der Waals surface area contributed by atoms with Crippen LogP contribution in [0.1, 0.15) is 32.5 Å². The van der Waals surface area contributed by atoms with Crippen LogP contribution in [0.2, 0.25) is 0 Å². The molecule has 1 aromatic heterocycles. The lowest BCUT2D eigenvalue weighted by Gasteiger charge is -2.10. The summed E-state index contributed by atoms with van der Waals surface area (Å²) in [7, 11) is 0. The maximum atomic E-state index is 11.2. The molecule has 0 spiro atoms. The topological polar surface area (TPSA) is 90.2 Å². The Labute approximate surface area is 118 Å². The van der Waals surface area contributed by atoms with Gasteiger partial charge in [0.05, 0.1) is 11.5 Å². The molecule has 0 saturated carbocycles. The quantitative estimate of drug-likeness (QED) is 0.324. The number of nitrogens with one attached hydrogen (secondary N) is 1. The predicted molar refractivity (Wildman–Crippen MR) is 77.2 cm³/mol. The average Bonchev–Trinajstić information content (AvgIpc) is 2.44. The van der Waals surface area contributed by atoms with E-state index in [1.807, 2.05) is 13.8 Å². The van der Waals surface area contributed by atoms with Crippen molar-refractivity contribution in [1.82, 2.24) is 9.97 Å². The first-order valence-electron chi connectivity index (χ1n) is 6.66. The standard InChI is InChI=1S/C13H20N4O3/c1-4-7-9-20-13-11(17(18)19)12(14-8-5-2)15-10(6-3)16-13/h5H,2,4,6-9H2,1,3H3,(H,14,15,16). The Morgan fingerprint density at radius 1 is 1.45 bits per heavy atom. The summed E-state index contributed by atoms with van der Waals surface area (Å²) in [4.78, 5) is 19.0. The van der Waals surface area contributed by atoms with Gasteiger partial charge in [0.25, 0.3) is 5.88 Å². The SMILES string of the molecule is C=CCNc1nc(CC)nc(OCCCC)c1[N+](=O)[O-]. The maximum absolute atomic E-state index is 11.2. The van der Waals surface area contributed by atoms with Crippen molar-refractivity contribution in [3.05, 3.63) is 28.6 Å². The number of nitro groups is 1. The molecular formula is C13H20N4O3. The maximum Gasteiger partial charge on any atom is 0.372 e. The summed E-state index contributed by atoms with van der Waals surface area (Å²) in [6.45, 7) is 8.26. The van der Waals surface area contributed by atoms with Crippen LogP contribution in [0.3, 0.4) is 0 Å². The van der Waals surface area contributed by atoms with Crippen molar-refractivity contribution in [3.8, 4) is 5.88 Å². The van der Waals surface area contributed by atoms with Crippen LogP contribution < -0.4 is 10.1 Å². The van der Waals surface area contributed by atoms with Crippen molar-refractivity contribution in [2.24, 2.45) is 0 Å². The van der Waals surface area contributed by atoms with Gasteiger partial charge in [-0.25, -0.2) is 4.98 Å². The molecule has 1 N–H and O–H groups in total. The van der Waals surface area contributed by atoms with Crippen LogP contribution in [0.4, 0.5) is 11.5 Å². The molecule has 0 saturated heterocycles. The lowest BCUT2D eigenvalue weighted by molar-refractivity contribution is -0.385. The molecule has 7 heteroatoms. The fourth-order valence-corrected chi connectivity index (χ4v) is 1.51. The molecule has 1 aromatic rings. The molecule has 0 bridgehead atoms. The molecular weight excluding hydrogens is 260 g/mol. The molecule has 0 radical (unpaired) electrons. The number of nitrogens with zero attached hydrogens (tertiary/aromatic N) is 3. The molecule has 0 atom stereocenters. The van der Waals surface area contributed by atoms with Gasteiger partial charge in [0.15, 0.2) is 0 Å². The zero-order chi connectivity index (χ0) is 15.0. The zero-order valence-corrected chi connectivity index (χ0v) is 11.9. The van der Waals surface area contributed by atoms with E-state index in [0.717, 1.165) is 12.8 Å². The van der Waals surface area contributed by atoms with Gasteiger partial charge in [0.2, 0.25) is 5.82 Å². The summed E-state index contributed by atoms with van der Waals surface area (Å²) in [6, 6.07) is 0. The number of aryl methyl sites for hydroxylation is 1. The molecule has 0 aliphatic carbocycles. The molecule has 0 aliphatic heterocycles. The fourth-order valence-electron chi connectivity index (χ4n) is 1.51. The van der Waals surface area contributed by atoms with Crippen LogP contribution in [0.25, 0.3) is 0 Å². The third kappa shape index (κ3) is 4.18. The van der Waals surface area contributed by atoms with E-state index >= 15 is 0 Å². The van der Waals surface area contributed by atoms with Gasteiger partial charge in [-0.3, -0.25) is 10.1 Å². The van der Waals surface area contributed by atoms with E-state index in [1.165, 1.54) is 0 Å². The third-order valence-corrected chi connectivity index (χ3v) is 2.55. The van der Waals surface area contributed by atoms with E-state index in [0.29, 0.717) is 25.4 Å². The van der Waals surface area contributed by atoms with Crippen LogP contribution in [0.5, 0.6) is 5.88 Å². The van der Waals surface area contributed by atoms with Gasteiger partial charge in [0, 0.05) is 13.0 Å². The van der Waals surface area contributed by atoms with Gasteiger partial charge >= 0.3 is 5.69 Å². The van der Waals surface area contributed by atoms with Gasteiger partial charge < -0.3 is 10.1 Å². The summed E-state index contributed by atoms with van der Waals surface area (Å²) < 4.78 is 5.44. The Morgan fingerprint density at radius 3 is 2.75 bits per heavy atom. The Kier molecular flexibility index (Phi) is 6.42. The number of anilines is 1. The molecule has 1 heterocycles. The van der Waals surface area contributed by atoms with Gasteiger partial charge in [-0.1, -0.05) is 26.3 Å². The third-order valence-electron chi connectivity index (χ3n) is 2.55. The number of unbranched alkanes of at least 4 members (excludes halogenated alkanes) is 1. The fraction of sp³-hybridized carbons (Fsp3) is 0.538. The molecule has 1 rings (SSSR count). The Bertz CT molecular complexity index is 477. The second-order valence-electron chi connectivity index (χ2n) is 4.12. The highest BCUT2D eigenvalue weighted by atomic mass is 16.6. The van der Waals surface area contributed by atoms with Crippen LogP contribution in [0, 0.1) is 10.1 Å². The van der Waals surface area contributed by atoms with E-state index in [1.54, 1.807) is 6.08 Å². The number of rotatable bonds is 9. The summed E-state index contributed by atoms with van der Waals surface area (Å²) in [5.41, 5.74) is -0.222. The molecule has 20 heavy (non-hydrogen) atoms. The second-order valence-corrected chi connectivity index (χ2v) is 4.12. The van der Waals surface area contributed by atoms with E-state index in [4.69, 9.17) is 4.74 Å². The summed E-state index contributed by atoms with van der Waals surface area (Å²) in [5.74, 6) is 0.712. The lowest BCUT2D eigenvalue weighted by Crippen LogP contribution is -2.11. The number of hydrogen-bond donors (Lipinski definition) is 1. The predicted octanol–water partition coefficient (Wildman–Crippen LogP) is 2.72. The first-order chi connectivity index (χ1) is 9.63. The molecule has 0 amide bonds. The Balaban J connectivity index is 3.15. The van der Waals surface area contributed by atoms with Crippen molar-refractivity contribution in [2.45, 2.75) is 33.1 Å². The van der Waals surface area contributed by atoms with E-state index in [-0.39, 0.29) is 17.4 Å². The lowest BCUT2D eigenvalue weighted by atomic mass is 10.3. The minimum absolute atomic E-state index is 0.0295. The first-order valence-corrected chi connectivity index (χ1v) is 6.66. The van der Waals surface area contributed by atoms with Crippen molar-refractivity contribution < 1.29 is 9.66 Å². The summed E-state index contributed by atoms with van der Waals surface area (Å²) >= 11 is 0. The molecule has 0 unspecified atom stereocenters. The minimum atomic E-state index is -0.522. The zero-order valence-electron chi connectivity index (χ0n) is 11.9. The van der Waals surface area contributed by atoms with Gasteiger partial charge in [-0.2, -0.15) is 4.98 Å². The van der Waals surface area contributed by atoms with Crippen molar-refractivity contribution in [1.29, 1.82) is 0 Å². The molecule has 110 valence electrons. The highest BCUT2D eigenvalue weighted by Crippen LogP contribution is 2.32. The normalized spacial score (nSPS) is 10.1. The molecule has 7 nitrogen and oxygen atoms in total. The monoisotopic (exact) mass is 280 g/mol. The van der Waals surface area contributed by atoms with Crippen LogP contribution in [-0.4, -0.2) is 28.0 Å². The van der Waals surface area contributed by atoms with E-state index in [9.17, 15) is 10.1 Å². The van der Waals surface area contributed by atoms with Gasteiger partial charge in [0.1, 0.15) is 5.82 Å². The van der Waals surface area contributed by atoms with Crippen molar-refractivity contribution in [2.75, 3.05) is 18.5 Å². The molecule has 0 aromatic carbocycles. The first kappa shape index (κ1) is 15.9. The average molecular weight is 280 g/mol. The van der Waals surface area contributed by atoms with Crippen LogP contribution in [0.15, 0.2) is 12.7 Å². The second kappa shape index (κ2) is 8.08. The Hall–Kier alpha value is -2.18.